The van der Waals surface area contributed by atoms with Crippen LogP contribution in [0, 0.1) is 11.8 Å². The molecule has 13 heavy (non-hydrogen) atoms. The van der Waals surface area contributed by atoms with Gasteiger partial charge in [0, 0.05) is 13.0 Å². The Bertz CT molecular complexity index is 196. The van der Waals surface area contributed by atoms with Gasteiger partial charge in [-0.25, -0.2) is 0 Å². The quantitative estimate of drug-likeness (QED) is 0.527. The van der Waals surface area contributed by atoms with Crippen LogP contribution in [0.4, 0.5) is 0 Å². The summed E-state index contributed by atoms with van der Waals surface area (Å²) in [6.07, 6.45) is 3.24. The van der Waals surface area contributed by atoms with E-state index in [1.165, 1.54) is 12.8 Å². The Labute approximate surface area is 81.0 Å². The highest BCUT2D eigenvalue weighted by molar-refractivity contribution is 4.95. The average molecular weight is 181 g/mol. The third kappa shape index (κ3) is 3.80. The van der Waals surface area contributed by atoms with Gasteiger partial charge in [-0.05, 0) is 33.2 Å². The molecule has 0 bridgehead atoms. The van der Waals surface area contributed by atoms with Crippen molar-refractivity contribution in [1.82, 2.24) is 5.32 Å². The fourth-order valence-electron chi connectivity index (χ4n) is 1.63. The predicted molar refractivity (Wildman–Crippen MR) is 54.5 cm³/mol. The minimum Gasteiger partial charge on any atom is -0.373 e. The molecule has 2 nitrogen and oxygen atoms in total. The molecular weight excluding hydrogens is 162 g/mol. The van der Waals surface area contributed by atoms with E-state index in [1.54, 1.807) is 0 Å². The molecule has 1 aliphatic rings. The van der Waals surface area contributed by atoms with Crippen LogP contribution in [0.1, 0.15) is 33.1 Å². The van der Waals surface area contributed by atoms with Gasteiger partial charge in [-0.15, -0.1) is 11.8 Å². The molecule has 1 N–H and O–H groups in total. The SMILES string of the molecule is CC#CCCOC1(C)CCCNC1. The summed E-state index contributed by atoms with van der Waals surface area (Å²) < 4.78 is 5.81. The van der Waals surface area contributed by atoms with Crippen LogP contribution in [0.5, 0.6) is 0 Å². The van der Waals surface area contributed by atoms with E-state index in [2.05, 4.69) is 24.1 Å². The third-order valence-corrected chi connectivity index (χ3v) is 2.41. The molecule has 0 aromatic heterocycles. The zero-order valence-corrected chi connectivity index (χ0v) is 8.65. The third-order valence-electron chi connectivity index (χ3n) is 2.41. The first-order valence-corrected chi connectivity index (χ1v) is 5.01. The van der Waals surface area contributed by atoms with Gasteiger partial charge in [0.2, 0.25) is 0 Å². The molecule has 0 aliphatic carbocycles. The maximum absolute atomic E-state index is 5.81. The van der Waals surface area contributed by atoms with Crippen molar-refractivity contribution >= 4 is 0 Å². The second-order valence-electron chi connectivity index (χ2n) is 3.76. The van der Waals surface area contributed by atoms with Gasteiger partial charge in [-0.3, -0.25) is 0 Å². The Morgan fingerprint density at radius 1 is 1.54 bits per heavy atom. The zero-order chi connectivity index (χ0) is 9.57. The molecule has 1 heterocycles. The molecule has 0 amide bonds. The van der Waals surface area contributed by atoms with E-state index < -0.39 is 0 Å². The molecule has 1 atom stereocenters. The monoisotopic (exact) mass is 181 g/mol. The molecule has 1 rings (SSSR count). The lowest BCUT2D eigenvalue weighted by atomic mass is 9.96. The molecule has 1 saturated heterocycles. The highest BCUT2D eigenvalue weighted by Gasteiger charge is 2.26. The summed E-state index contributed by atoms with van der Waals surface area (Å²) in [5.74, 6) is 5.88. The fraction of sp³-hybridized carbons (Fsp3) is 0.818. The molecule has 0 aromatic rings. The van der Waals surface area contributed by atoms with Crippen LogP contribution in [0.2, 0.25) is 0 Å². The van der Waals surface area contributed by atoms with Gasteiger partial charge in [0.05, 0.1) is 12.2 Å². The van der Waals surface area contributed by atoms with Gasteiger partial charge < -0.3 is 10.1 Å². The van der Waals surface area contributed by atoms with E-state index >= 15 is 0 Å². The lowest BCUT2D eigenvalue weighted by molar-refractivity contribution is -0.0438. The van der Waals surface area contributed by atoms with Crippen molar-refractivity contribution in [3.8, 4) is 11.8 Å². The smallest absolute Gasteiger partial charge is 0.0779 e. The number of nitrogens with one attached hydrogen (secondary N) is 1. The summed E-state index contributed by atoms with van der Waals surface area (Å²) in [7, 11) is 0. The van der Waals surface area contributed by atoms with E-state index in [-0.39, 0.29) is 5.60 Å². The van der Waals surface area contributed by atoms with Crippen LogP contribution in [-0.2, 0) is 4.74 Å². The van der Waals surface area contributed by atoms with Crippen LogP contribution < -0.4 is 5.32 Å². The molecular formula is C11H19NO. The molecule has 0 aromatic carbocycles. The van der Waals surface area contributed by atoms with Gasteiger partial charge in [-0.2, -0.15) is 0 Å². The minimum atomic E-state index is 0.0493. The van der Waals surface area contributed by atoms with Crippen molar-refractivity contribution in [3.05, 3.63) is 0 Å². The molecule has 2 heteroatoms. The zero-order valence-electron chi connectivity index (χ0n) is 8.65. The Hall–Kier alpha value is -0.520. The van der Waals surface area contributed by atoms with E-state index in [9.17, 15) is 0 Å². The fourth-order valence-corrected chi connectivity index (χ4v) is 1.63. The predicted octanol–water partition coefficient (Wildman–Crippen LogP) is 1.56. The number of hydrogen-bond acceptors (Lipinski definition) is 2. The summed E-state index contributed by atoms with van der Waals surface area (Å²) in [5.41, 5.74) is 0.0493. The van der Waals surface area contributed by atoms with Gasteiger partial charge in [0.15, 0.2) is 0 Å². The van der Waals surface area contributed by atoms with E-state index in [0.717, 1.165) is 26.1 Å². The molecule has 0 radical (unpaired) electrons. The largest absolute Gasteiger partial charge is 0.373 e. The molecule has 1 aliphatic heterocycles. The van der Waals surface area contributed by atoms with Gasteiger partial charge in [0.1, 0.15) is 0 Å². The second-order valence-corrected chi connectivity index (χ2v) is 3.76. The van der Waals surface area contributed by atoms with Crippen molar-refractivity contribution in [3.63, 3.8) is 0 Å². The summed E-state index contributed by atoms with van der Waals surface area (Å²) in [6, 6.07) is 0. The topological polar surface area (TPSA) is 21.3 Å². The highest BCUT2D eigenvalue weighted by Crippen LogP contribution is 2.19. The summed E-state index contributed by atoms with van der Waals surface area (Å²) in [5, 5.41) is 3.36. The summed E-state index contributed by atoms with van der Waals surface area (Å²) in [6.45, 7) is 6.92. The first-order valence-electron chi connectivity index (χ1n) is 5.01. The van der Waals surface area contributed by atoms with E-state index in [1.807, 2.05) is 6.92 Å². The van der Waals surface area contributed by atoms with Crippen LogP contribution in [0.3, 0.4) is 0 Å². The number of ether oxygens (including phenoxy) is 1. The first-order chi connectivity index (χ1) is 6.27. The molecule has 1 unspecified atom stereocenters. The second kappa shape index (κ2) is 5.26. The van der Waals surface area contributed by atoms with Crippen LogP contribution in [-0.4, -0.2) is 25.3 Å². The Kier molecular flexibility index (Phi) is 4.27. The van der Waals surface area contributed by atoms with Crippen molar-refractivity contribution < 1.29 is 4.74 Å². The van der Waals surface area contributed by atoms with Crippen molar-refractivity contribution in [2.45, 2.75) is 38.7 Å². The standard InChI is InChI=1S/C11H19NO/c1-3-4-5-9-13-11(2)7-6-8-12-10-11/h12H,5-10H2,1-2H3. The Morgan fingerprint density at radius 3 is 3.00 bits per heavy atom. The van der Waals surface area contributed by atoms with Gasteiger partial charge in [0.25, 0.3) is 0 Å². The van der Waals surface area contributed by atoms with Gasteiger partial charge in [-0.1, -0.05) is 0 Å². The summed E-state index contributed by atoms with van der Waals surface area (Å²) in [4.78, 5) is 0. The van der Waals surface area contributed by atoms with E-state index in [4.69, 9.17) is 4.74 Å². The maximum atomic E-state index is 5.81. The van der Waals surface area contributed by atoms with Crippen molar-refractivity contribution in [1.29, 1.82) is 0 Å². The maximum Gasteiger partial charge on any atom is 0.0779 e. The lowest BCUT2D eigenvalue weighted by Crippen LogP contribution is -2.45. The minimum absolute atomic E-state index is 0.0493. The van der Waals surface area contributed by atoms with Gasteiger partial charge >= 0.3 is 0 Å². The number of hydrogen-bond donors (Lipinski definition) is 1. The Morgan fingerprint density at radius 2 is 2.38 bits per heavy atom. The molecule has 1 fully saturated rings. The average Bonchev–Trinajstić information content (AvgIpc) is 2.14. The van der Waals surface area contributed by atoms with Crippen LogP contribution in [0.25, 0.3) is 0 Å². The number of rotatable bonds is 3. The molecule has 0 saturated carbocycles. The van der Waals surface area contributed by atoms with Crippen LogP contribution in [0.15, 0.2) is 0 Å². The van der Waals surface area contributed by atoms with Crippen molar-refractivity contribution in [2.75, 3.05) is 19.7 Å². The normalized spacial score (nSPS) is 27.8. The van der Waals surface area contributed by atoms with E-state index in [0.29, 0.717) is 0 Å². The summed E-state index contributed by atoms with van der Waals surface area (Å²) >= 11 is 0. The first kappa shape index (κ1) is 10.6. The number of piperidine rings is 1. The highest BCUT2D eigenvalue weighted by atomic mass is 16.5. The van der Waals surface area contributed by atoms with Crippen molar-refractivity contribution in [2.24, 2.45) is 0 Å². The molecule has 0 spiro atoms. The lowest BCUT2D eigenvalue weighted by Gasteiger charge is -2.33. The van der Waals surface area contributed by atoms with Crippen LogP contribution >= 0.6 is 0 Å². The molecule has 74 valence electrons. The Balaban J connectivity index is 2.19.